The number of carbonyl (C=O) groups is 1. The molecule has 0 radical (unpaired) electrons. The number of imidazole rings is 1. The van der Waals surface area contributed by atoms with Crippen molar-refractivity contribution in [2.45, 2.75) is 13.5 Å². The molecule has 0 atom stereocenters. The third-order valence-electron chi connectivity index (χ3n) is 3.39. The molecule has 5 nitrogen and oxygen atoms in total. The molecule has 1 aromatic carbocycles. The van der Waals surface area contributed by atoms with Gasteiger partial charge in [0.15, 0.2) is 0 Å². The first-order valence-corrected chi connectivity index (χ1v) is 6.53. The molecule has 0 fully saturated rings. The first kappa shape index (κ1) is 14.1. The van der Waals surface area contributed by atoms with Crippen molar-refractivity contribution in [2.24, 2.45) is 7.05 Å². The predicted molar refractivity (Wildman–Crippen MR) is 79.7 cm³/mol. The van der Waals surface area contributed by atoms with Gasteiger partial charge >= 0.3 is 0 Å². The molecule has 2 aromatic rings. The van der Waals surface area contributed by atoms with Crippen LogP contribution in [0.15, 0.2) is 30.6 Å². The summed E-state index contributed by atoms with van der Waals surface area (Å²) in [4.78, 5) is 18.3. The van der Waals surface area contributed by atoms with Crippen LogP contribution >= 0.6 is 0 Å². The topological polar surface area (TPSA) is 50.2 Å². The third kappa shape index (κ3) is 2.82. The predicted octanol–water partition coefficient (Wildman–Crippen LogP) is 2.04. The number of rotatable bonds is 4. The zero-order valence-electron chi connectivity index (χ0n) is 12.3. The maximum atomic E-state index is 12.4. The van der Waals surface area contributed by atoms with E-state index in [4.69, 9.17) is 0 Å². The van der Waals surface area contributed by atoms with Crippen LogP contribution in [0.3, 0.4) is 0 Å². The number of anilines is 1. The average Bonchev–Trinajstić information content (AvgIpc) is 2.83. The van der Waals surface area contributed by atoms with E-state index in [1.54, 1.807) is 18.1 Å². The zero-order chi connectivity index (χ0) is 14.7. The van der Waals surface area contributed by atoms with Crippen molar-refractivity contribution in [2.75, 3.05) is 19.4 Å². The fourth-order valence-electron chi connectivity index (χ4n) is 2.13. The second-order valence-electron chi connectivity index (χ2n) is 4.90. The molecule has 20 heavy (non-hydrogen) atoms. The van der Waals surface area contributed by atoms with Crippen molar-refractivity contribution >= 4 is 11.6 Å². The lowest BCUT2D eigenvalue weighted by atomic mass is 10.1. The molecule has 0 aliphatic heterocycles. The van der Waals surface area contributed by atoms with E-state index in [1.807, 2.05) is 50.0 Å². The molecule has 5 heteroatoms. The van der Waals surface area contributed by atoms with Crippen LogP contribution in [0.5, 0.6) is 0 Å². The zero-order valence-corrected chi connectivity index (χ0v) is 12.3. The first-order chi connectivity index (χ1) is 9.52. The van der Waals surface area contributed by atoms with E-state index in [0.717, 1.165) is 17.1 Å². The fraction of sp³-hybridized carbons (Fsp3) is 0.333. The Balaban J connectivity index is 2.14. The summed E-state index contributed by atoms with van der Waals surface area (Å²) in [5.41, 5.74) is 2.79. The number of nitrogens with one attached hydrogen (secondary N) is 1. The van der Waals surface area contributed by atoms with Gasteiger partial charge in [-0.1, -0.05) is 0 Å². The minimum absolute atomic E-state index is 0.00115. The van der Waals surface area contributed by atoms with E-state index in [2.05, 4.69) is 10.3 Å². The summed E-state index contributed by atoms with van der Waals surface area (Å²) in [6, 6.07) is 5.68. The fourth-order valence-corrected chi connectivity index (χ4v) is 2.13. The molecule has 0 bridgehead atoms. The van der Waals surface area contributed by atoms with Crippen molar-refractivity contribution in [1.29, 1.82) is 0 Å². The van der Waals surface area contributed by atoms with E-state index < -0.39 is 0 Å². The van der Waals surface area contributed by atoms with Crippen molar-refractivity contribution in [3.8, 4) is 0 Å². The monoisotopic (exact) mass is 272 g/mol. The van der Waals surface area contributed by atoms with Crippen LogP contribution in [-0.4, -0.2) is 34.5 Å². The Morgan fingerprint density at radius 3 is 2.75 bits per heavy atom. The van der Waals surface area contributed by atoms with Crippen LogP contribution in [0.2, 0.25) is 0 Å². The van der Waals surface area contributed by atoms with Crippen LogP contribution in [-0.2, 0) is 13.6 Å². The van der Waals surface area contributed by atoms with Gasteiger partial charge in [-0.2, -0.15) is 0 Å². The molecule has 1 amide bonds. The van der Waals surface area contributed by atoms with Crippen LogP contribution < -0.4 is 5.32 Å². The standard InChI is InChI=1S/C15H20N4O/c1-11-9-12(5-6-13(11)16-2)15(20)19(4)10-14-17-7-8-18(14)3/h5-9,16H,10H2,1-4H3. The molecule has 1 heterocycles. The Hall–Kier alpha value is -2.30. The van der Waals surface area contributed by atoms with Gasteiger partial charge in [0.25, 0.3) is 5.91 Å². The van der Waals surface area contributed by atoms with Gasteiger partial charge in [-0.15, -0.1) is 0 Å². The van der Waals surface area contributed by atoms with E-state index in [1.165, 1.54) is 0 Å². The highest BCUT2D eigenvalue weighted by Crippen LogP contribution is 2.17. The Morgan fingerprint density at radius 2 is 2.20 bits per heavy atom. The van der Waals surface area contributed by atoms with Gasteiger partial charge in [0.1, 0.15) is 5.82 Å². The van der Waals surface area contributed by atoms with Crippen LogP contribution in [0.25, 0.3) is 0 Å². The molecule has 0 saturated heterocycles. The molecule has 106 valence electrons. The first-order valence-electron chi connectivity index (χ1n) is 6.53. The Labute approximate surface area is 119 Å². The largest absolute Gasteiger partial charge is 0.388 e. The molecule has 2 rings (SSSR count). The number of nitrogens with zero attached hydrogens (tertiary/aromatic N) is 3. The molecule has 0 aliphatic rings. The Bertz CT molecular complexity index is 618. The lowest BCUT2D eigenvalue weighted by molar-refractivity contribution is 0.0780. The van der Waals surface area contributed by atoms with Gasteiger partial charge in [-0.3, -0.25) is 4.79 Å². The molecule has 1 N–H and O–H groups in total. The minimum atomic E-state index is -0.00115. The van der Waals surface area contributed by atoms with E-state index in [9.17, 15) is 4.79 Å². The summed E-state index contributed by atoms with van der Waals surface area (Å²) in [5.74, 6) is 0.864. The van der Waals surface area contributed by atoms with Gasteiger partial charge in [0, 0.05) is 44.8 Å². The Kier molecular flexibility index (Phi) is 4.08. The second-order valence-corrected chi connectivity index (χ2v) is 4.90. The quantitative estimate of drug-likeness (QED) is 0.926. The normalized spacial score (nSPS) is 10.4. The lowest BCUT2D eigenvalue weighted by Gasteiger charge is -2.17. The van der Waals surface area contributed by atoms with Crippen LogP contribution in [0.1, 0.15) is 21.7 Å². The number of carbonyl (C=O) groups excluding carboxylic acids is 1. The van der Waals surface area contributed by atoms with Crippen molar-refractivity contribution in [1.82, 2.24) is 14.5 Å². The van der Waals surface area contributed by atoms with Crippen molar-refractivity contribution in [3.05, 3.63) is 47.5 Å². The van der Waals surface area contributed by atoms with Gasteiger partial charge < -0.3 is 14.8 Å². The van der Waals surface area contributed by atoms with Crippen LogP contribution in [0.4, 0.5) is 5.69 Å². The summed E-state index contributed by atoms with van der Waals surface area (Å²) in [6.07, 6.45) is 3.61. The number of aryl methyl sites for hydroxylation is 2. The summed E-state index contributed by atoms with van der Waals surface area (Å²) >= 11 is 0. The second kappa shape index (κ2) is 5.77. The minimum Gasteiger partial charge on any atom is -0.388 e. The van der Waals surface area contributed by atoms with E-state index in [0.29, 0.717) is 12.1 Å². The molecule has 0 saturated carbocycles. The van der Waals surface area contributed by atoms with Crippen LogP contribution in [0, 0.1) is 6.92 Å². The summed E-state index contributed by atoms with van der Waals surface area (Å²) < 4.78 is 1.92. The average molecular weight is 272 g/mol. The van der Waals surface area contributed by atoms with Crippen molar-refractivity contribution < 1.29 is 4.79 Å². The molecule has 0 spiro atoms. The summed E-state index contributed by atoms with van der Waals surface area (Å²) in [6.45, 7) is 2.48. The summed E-state index contributed by atoms with van der Waals surface area (Å²) in [7, 11) is 5.59. The smallest absolute Gasteiger partial charge is 0.254 e. The maximum Gasteiger partial charge on any atom is 0.254 e. The van der Waals surface area contributed by atoms with E-state index in [-0.39, 0.29) is 5.91 Å². The maximum absolute atomic E-state index is 12.4. The Morgan fingerprint density at radius 1 is 1.45 bits per heavy atom. The third-order valence-corrected chi connectivity index (χ3v) is 3.39. The van der Waals surface area contributed by atoms with Gasteiger partial charge in [0.05, 0.1) is 6.54 Å². The molecular weight excluding hydrogens is 252 g/mol. The molecule has 0 aliphatic carbocycles. The van der Waals surface area contributed by atoms with E-state index >= 15 is 0 Å². The van der Waals surface area contributed by atoms with Gasteiger partial charge in [-0.05, 0) is 30.7 Å². The molecule has 0 unspecified atom stereocenters. The molecule has 1 aromatic heterocycles. The lowest BCUT2D eigenvalue weighted by Crippen LogP contribution is -2.27. The highest BCUT2D eigenvalue weighted by atomic mass is 16.2. The SMILES string of the molecule is CNc1ccc(C(=O)N(C)Cc2nccn2C)cc1C. The van der Waals surface area contributed by atoms with Gasteiger partial charge in [0.2, 0.25) is 0 Å². The number of hydrogen-bond donors (Lipinski definition) is 1. The number of benzene rings is 1. The summed E-state index contributed by atoms with van der Waals surface area (Å²) in [5, 5.41) is 3.10. The highest BCUT2D eigenvalue weighted by molar-refractivity contribution is 5.94. The molecular formula is C15H20N4O. The highest BCUT2D eigenvalue weighted by Gasteiger charge is 2.14. The van der Waals surface area contributed by atoms with Crippen molar-refractivity contribution in [3.63, 3.8) is 0 Å². The number of aromatic nitrogens is 2. The number of hydrogen-bond acceptors (Lipinski definition) is 3. The van der Waals surface area contributed by atoms with Gasteiger partial charge in [-0.25, -0.2) is 4.98 Å². The number of amides is 1.